The van der Waals surface area contributed by atoms with Crippen molar-refractivity contribution in [2.45, 2.75) is 32.4 Å². The summed E-state index contributed by atoms with van der Waals surface area (Å²) >= 11 is 0. The monoisotopic (exact) mass is 169 g/mol. The fourth-order valence-corrected chi connectivity index (χ4v) is 1.19. The molecule has 0 aliphatic rings. The van der Waals surface area contributed by atoms with E-state index in [4.69, 9.17) is 10.2 Å². The Hall–Kier alpha value is -0.800. The molecule has 3 N–H and O–H groups in total. The highest BCUT2D eigenvalue weighted by atomic mass is 16.3. The van der Waals surface area contributed by atoms with E-state index in [1.165, 1.54) is 0 Å². The Morgan fingerprint density at radius 3 is 2.83 bits per heavy atom. The van der Waals surface area contributed by atoms with E-state index in [0.717, 1.165) is 17.7 Å². The maximum Gasteiger partial charge on any atom is 0.108 e. The Kier molecular flexibility index (Phi) is 2.89. The highest BCUT2D eigenvalue weighted by Crippen LogP contribution is 2.20. The number of hydrogen-bond donors (Lipinski definition) is 2. The molecule has 2 atom stereocenters. The molecule has 0 unspecified atom stereocenters. The maximum absolute atomic E-state index is 9.25. The number of rotatable bonds is 3. The summed E-state index contributed by atoms with van der Waals surface area (Å²) in [6.45, 7) is 3.67. The molecule has 3 heteroatoms. The van der Waals surface area contributed by atoms with Crippen LogP contribution in [-0.4, -0.2) is 11.2 Å². The number of nitrogens with two attached hydrogens (primary N) is 1. The molecule has 0 fully saturated rings. The molecule has 0 saturated carbocycles. The van der Waals surface area contributed by atoms with E-state index in [9.17, 15) is 5.11 Å². The van der Waals surface area contributed by atoms with Crippen LogP contribution in [-0.2, 0) is 6.42 Å². The average Bonchev–Trinajstić information content (AvgIpc) is 2.49. The van der Waals surface area contributed by atoms with Gasteiger partial charge in [0.1, 0.15) is 5.76 Å². The van der Waals surface area contributed by atoms with Gasteiger partial charge in [-0.15, -0.1) is 0 Å². The fourth-order valence-electron chi connectivity index (χ4n) is 1.19. The van der Waals surface area contributed by atoms with Crippen LogP contribution >= 0.6 is 0 Å². The standard InChI is InChI=1S/C9H15NO2/c1-3-8-7(4-5-12-8)9(10)6(2)11/h4-6,9,11H,3,10H2,1-2H3/t6-,9-/m0/s1. The minimum Gasteiger partial charge on any atom is -0.469 e. The summed E-state index contributed by atoms with van der Waals surface area (Å²) in [5.74, 6) is 0.864. The zero-order valence-corrected chi connectivity index (χ0v) is 7.45. The molecule has 0 bridgehead atoms. The summed E-state index contributed by atoms with van der Waals surface area (Å²) in [5, 5.41) is 9.25. The Labute approximate surface area is 72.2 Å². The molecule has 0 aliphatic heterocycles. The third-order valence-corrected chi connectivity index (χ3v) is 1.98. The SMILES string of the molecule is CCc1occc1[C@@H](N)[C@H](C)O. The predicted octanol–water partition coefficient (Wildman–Crippen LogP) is 1.22. The molecule has 1 aromatic rings. The first-order valence-electron chi connectivity index (χ1n) is 4.16. The number of hydrogen-bond acceptors (Lipinski definition) is 3. The predicted molar refractivity (Wildman–Crippen MR) is 46.7 cm³/mol. The maximum atomic E-state index is 9.25. The van der Waals surface area contributed by atoms with Gasteiger partial charge in [-0.05, 0) is 13.0 Å². The summed E-state index contributed by atoms with van der Waals surface area (Å²) < 4.78 is 5.19. The minimum atomic E-state index is -0.534. The van der Waals surface area contributed by atoms with Crippen molar-refractivity contribution in [2.24, 2.45) is 5.73 Å². The Morgan fingerprint density at radius 2 is 2.33 bits per heavy atom. The molecule has 68 valence electrons. The van der Waals surface area contributed by atoms with E-state index in [-0.39, 0.29) is 6.04 Å². The van der Waals surface area contributed by atoms with Crippen LogP contribution in [0.5, 0.6) is 0 Å². The van der Waals surface area contributed by atoms with E-state index in [1.54, 1.807) is 13.2 Å². The van der Waals surface area contributed by atoms with Gasteiger partial charge in [0.2, 0.25) is 0 Å². The first-order valence-corrected chi connectivity index (χ1v) is 4.16. The molecular formula is C9H15NO2. The van der Waals surface area contributed by atoms with Crippen molar-refractivity contribution in [1.29, 1.82) is 0 Å². The van der Waals surface area contributed by atoms with E-state index in [1.807, 2.05) is 13.0 Å². The van der Waals surface area contributed by atoms with Gasteiger partial charge in [0, 0.05) is 12.0 Å². The van der Waals surface area contributed by atoms with E-state index in [0.29, 0.717) is 0 Å². The van der Waals surface area contributed by atoms with E-state index in [2.05, 4.69) is 0 Å². The van der Waals surface area contributed by atoms with Gasteiger partial charge in [-0.2, -0.15) is 0 Å². The second kappa shape index (κ2) is 3.74. The number of aliphatic hydroxyl groups excluding tert-OH is 1. The quantitative estimate of drug-likeness (QED) is 0.715. The van der Waals surface area contributed by atoms with Gasteiger partial charge in [-0.25, -0.2) is 0 Å². The first kappa shape index (κ1) is 9.29. The Morgan fingerprint density at radius 1 is 1.67 bits per heavy atom. The molecule has 1 rings (SSSR count). The van der Waals surface area contributed by atoms with Crippen molar-refractivity contribution in [1.82, 2.24) is 0 Å². The van der Waals surface area contributed by atoms with Crippen molar-refractivity contribution in [3.63, 3.8) is 0 Å². The summed E-state index contributed by atoms with van der Waals surface area (Å²) in [6.07, 6.45) is 1.88. The van der Waals surface area contributed by atoms with Gasteiger partial charge in [-0.1, -0.05) is 6.92 Å². The zero-order chi connectivity index (χ0) is 9.14. The molecule has 3 nitrogen and oxygen atoms in total. The third kappa shape index (κ3) is 1.68. The van der Waals surface area contributed by atoms with Crippen LogP contribution in [0.15, 0.2) is 16.7 Å². The fraction of sp³-hybridized carbons (Fsp3) is 0.556. The Bertz CT molecular complexity index is 242. The zero-order valence-electron chi connectivity index (χ0n) is 7.45. The third-order valence-electron chi connectivity index (χ3n) is 1.98. The average molecular weight is 169 g/mol. The molecule has 12 heavy (non-hydrogen) atoms. The van der Waals surface area contributed by atoms with E-state index >= 15 is 0 Å². The molecule has 0 saturated heterocycles. The summed E-state index contributed by atoms with van der Waals surface area (Å²) in [7, 11) is 0. The molecule has 0 aliphatic carbocycles. The van der Waals surface area contributed by atoms with Crippen molar-refractivity contribution in [2.75, 3.05) is 0 Å². The summed E-state index contributed by atoms with van der Waals surface area (Å²) in [5.41, 5.74) is 6.66. The van der Waals surface area contributed by atoms with Crippen LogP contribution in [0.3, 0.4) is 0 Å². The van der Waals surface area contributed by atoms with Crippen molar-refractivity contribution >= 4 is 0 Å². The highest BCUT2D eigenvalue weighted by Gasteiger charge is 2.16. The topological polar surface area (TPSA) is 59.4 Å². The van der Waals surface area contributed by atoms with Gasteiger partial charge in [0.15, 0.2) is 0 Å². The highest BCUT2D eigenvalue weighted by molar-refractivity contribution is 5.21. The molecule has 0 spiro atoms. The van der Waals surface area contributed by atoms with Crippen LogP contribution < -0.4 is 5.73 Å². The second-order valence-corrected chi connectivity index (χ2v) is 2.92. The molecular weight excluding hydrogens is 154 g/mol. The van der Waals surface area contributed by atoms with Crippen LogP contribution in [0.4, 0.5) is 0 Å². The lowest BCUT2D eigenvalue weighted by Gasteiger charge is -2.13. The normalized spacial score (nSPS) is 16.0. The van der Waals surface area contributed by atoms with Crippen LogP contribution in [0, 0.1) is 0 Å². The van der Waals surface area contributed by atoms with Gasteiger partial charge in [0.05, 0.1) is 18.4 Å². The van der Waals surface area contributed by atoms with Crippen molar-refractivity contribution in [3.8, 4) is 0 Å². The Balaban J connectivity index is 2.86. The number of aryl methyl sites for hydroxylation is 1. The largest absolute Gasteiger partial charge is 0.469 e. The lowest BCUT2D eigenvalue weighted by atomic mass is 10.0. The number of aliphatic hydroxyl groups is 1. The lowest BCUT2D eigenvalue weighted by Crippen LogP contribution is -2.23. The molecule has 0 amide bonds. The second-order valence-electron chi connectivity index (χ2n) is 2.92. The first-order chi connectivity index (χ1) is 5.66. The molecule has 1 heterocycles. The summed E-state index contributed by atoms with van der Waals surface area (Å²) in [4.78, 5) is 0. The molecule has 0 radical (unpaired) electrons. The van der Waals surface area contributed by atoms with Crippen LogP contribution in [0.2, 0.25) is 0 Å². The van der Waals surface area contributed by atoms with E-state index < -0.39 is 6.10 Å². The molecule has 1 aromatic heterocycles. The minimum absolute atomic E-state index is 0.335. The van der Waals surface area contributed by atoms with Gasteiger partial charge in [-0.3, -0.25) is 0 Å². The number of furan rings is 1. The van der Waals surface area contributed by atoms with Crippen molar-refractivity contribution in [3.05, 3.63) is 23.7 Å². The molecule has 0 aromatic carbocycles. The van der Waals surface area contributed by atoms with Crippen LogP contribution in [0.1, 0.15) is 31.2 Å². The summed E-state index contributed by atoms with van der Waals surface area (Å²) in [6, 6.07) is 1.48. The van der Waals surface area contributed by atoms with Gasteiger partial charge >= 0.3 is 0 Å². The van der Waals surface area contributed by atoms with Crippen LogP contribution in [0.25, 0.3) is 0 Å². The van der Waals surface area contributed by atoms with Gasteiger partial charge < -0.3 is 15.3 Å². The van der Waals surface area contributed by atoms with Gasteiger partial charge in [0.25, 0.3) is 0 Å². The lowest BCUT2D eigenvalue weighted by molar-refractivity contribution is 0.163. The smallest absolute Gasteiger partial charge is 0.108 e. The van der Waals surface area contributed by atoms with Crippen molar-refractivity contribution < 1.29 is 9.52 Å².